The minimum absolute atomic E-state index is 0.623. The largest absolute Gasteiger partial charge is 0.453 e. The van der Waals surface area contributed by atoms with Crippen molar-refractivity contribution in [3.05, 3.63) is 35.9 Å². The maximum absolute atomic E-state index is 14.0. The summed E-state index contributed by atoms with van der Waals surface area (Å²) in [4.78, 5) is 9.08. The Balaban J connectivity index is 3.25. The number of alkyl halides is 4. The van der Waals surface area contributed by atoms with Gasteiger partial charge in [-0.2, -0.15) is 17.6 Å². The van der Waals surface area contributed by atoms with Crippen LogP contribution in [0.15, 0.2) is 30.3 Å². The fraction of sp³-hybridized carbons (Fsp3) is 0.400. The second-order valence-corrected chi connectivity index (χ2v) is 5.59. The Kier molecular flexibility index (Phi) is 4.20. The van der Waals surface area contributed by atoms with Crippen molar-refractivity contribution in [1.29, 1.82) is 0 Å². The van der Waals surface area contributed by atoms with E-state index in [1.54, 1.807) is 0 Å². The molecular formula is C10H11F4O3P. The molecule has 2 unspecified atom stereocenters. The van der Waals surface area contributed by atoms with Crippen LogP contribution in [0.4, 0.5) is 17.6 Å². The first-order chi connectivity index (χ1) is 8.12. The molecule has 3 nitrogen and oxygen atoms in total. The van der Waals surface area contributed by atoms with Crippen LogP contribution in [0.5, 0.6) is 0 Å². The molecule has 0 aliphatic heterocycles. The average Bonchev–Trinajstić information content (AvgIpc) is 2.28. The van der Waals surface area contributed by atoms with Crippen LogP contribution >= 0.6 is 7.60 Å². The van der Waals surface area contributed by atoms with E-state index >= 15 is 0 Å². The van der Waals surface area contributed by atoms with Crippen LogP contribution in [0.25, 0.3) is 0 Å². The minimum atomic E-state index is -5.46. The lowest BCUT2D eigenvalue weighted by atomic mass is 10.1. The first kappa shape index (κ1) is 15.1. The summed E-state index contributed by atoms with van der Waals surface area (Å²) < 4.78 is 67.3. The van der Waals surface area contributed by atoms with Gasteiger partial charge in [0.1, 0.15) is 0 Å². The molecule has 0 bridgehead atoms. The predicted octanol–water partition coefficient (Wildman–Crippen LogP) is 3.59. The molecule has 0 spiro atoms. The van der Waals surface area contributed by atoms with Gasteiger partial charge in [-0.15, -0.1) is 0 Å². The minimum Gasteiger partial charge on any atom is -0.324 e. The Morgan fingerprint density at radius 2 is 1.72 bits per heavy atom. The standard InChI is InChI=1S/C10H11F4O3P/c1-2-18(15,16)17-9(11,10(12,13)14)8-6-4-3-5-7-8/h3-7H,2H2,1H3,(H,15,16). The zero-order valence-corrected chi connectivity index (χ0v) is 10.2. The zero-order valence-electron chi connectivity index (χ0n) is 9.32. The fourth-order valence-electron chi connectivity index (χ4n) is 1.18. The van der Waals surface area contributed by atoms with E-state index in [1.165, 1.54) is 18.2 Å². The predicted molar refractivity (Wildman–Crippen MR) is 56.7 cm³/mol. The molecule has 0 saturated carbocycles. The van der Waals surface area contributed by atoms with Gasteiger partial charge in [0.2, 0.25) is 0 Å². The van der Waals surface area contributed by atoms with Crippen molar-refractivity contribution in [2.75, 3.05) is 6.16 Å². The Bertz CT molecular complexity index is 448. The monoisotopic (exact) mass is 286 g/mol. The first-order valence-electron chi connectivity index (χ1n) is 4.96. The van der Waals surface area contributed by atoms with E-state index < -0.39 is 31.4 Å². The maximum Gasteiger partial charge on any atom is 0.453 e. The lowest BCUT2D eigenvalue weighted by molar-refractivity contribution is -0.312. The summed E-state index contributed by atoms with van der Waals surface area (Å²) in [6.07, 6.45) is -6.08. The smallest absolute Gasteiger partial charge is 0.324 e. The molecule has 8 heteroatoms. The van der Waals surface area contributed by atoms with Crippen LogP contribution in [0.1, 0.15) is 12.5 Å². The van der Waals surface area contributed by atoms with Crippen molar-refractivity contribution in [2.45, 2.75) is 19.0 Å². The van der Waals surface area contributed by atoms with Crippen LogP contribution in [-0.4, -0.2) is 17.2 Å². The Labute approximate surface area is 101 Å². The molecule has 102 valence electrons. The Hall–Kier alpha value is -0.910. The molecule has 0 amide bonds. The van der Waals surface area contributed by atoms with E-state index in [0.717, 1.165) is 19.1 Å². The van der Waals surface area contributed by atoms with Crippen molar-refractivity contribution >= 4 is 7.60 Å². The molecule has 0 radical (unpaired) electrons. The molecule has 0 aromatic heterocycles. The molecule has 1 N–H and O–H groups in total. The summed E-state index contributed by atoms with van der Waals surface area (Å²) in [5.41, 5.74) is -0.875. The van der Waals surface area contributed by atoms with E-state index in [0.29, 0.717) is 0 Å². The molecule has 0 heterocycles. The van der Waals surface area contributed by atoms with Crippen LogP contribution < -0.4 is 0 Å². The molecule has 0 saturated heterocycles. The van der Waals surface area contributed by atoms with Crippen LogP contribution in [0, 0.1) is 0 Å². The van der Waals surface area contributed by atoms with Crippen molar-refractivity contribution in [3.63, 3.8) is 0 Å². The van der Waals surface area contributed by atoms with Crippen LogP contribution in [0.3, 0.4) is 0 Å². The van der Waals surface area contributed by atoms with E-state index in [9.17, 15) is 22.1 Å². The molecule has 18 heavy (non-hydrogen) atoms. The van der Waals surface area contributed by atoms with E-state index in [4.69, 9.17) is 4.89 Å². The summed E-state index contributed by atoms with van der Waals surface area (Å²) in [6, 6.07) is 5.41. The van der Waals surface area contributed by atoms with Crippen molar-refractivity contribution in [3.8, 4) is 0 Å². The quantitative estimate of drug-likeness (QED) is 0.679. The maximum atomic E-state index is 14.0. The normalized spacial score (nSPS) is 19.0. The Morgan fingerprint density at radius 1 is 1.22 bits per heavy atom. The van der Waals surface area contributed by atoms with E-state index in [-0.39, 0.29) is 0 Å². The van der Waals surface area contributed by atoms with Gasteiger partial charge in [-0.3, -0.25) is 9.09 Å². The van der Waals surface area contributed by atoms with Gasteiger partial charge in [-0.1, -0.05) is 37.3 Å². The van der Waals surface area contributed by atoms with Gasteiger partial charge >= 0.3 is 19.6 Å². The first-order valence-corrected chi connectivity index (χ1v) is 6.72. The highest BCUT2D eigenvalue weighted by atomic mass is 31.2. The van der Waals surface area contributed by atoms with Gasteiger partial charge in [-0.25, -0.2) is 0 Å². The number of hydrogen-bond acceptors (Lipinski definition) is 2. The van der Waals surface area contributed by atoms with Gasteiger partial charge in [0.05, 0.1) is 0 Å². The van der Waals surface area contributed by atoms with E-state index in [2.05, 4.69) is 4.52 Å². The van der Waals surface area contributed by atoms with Gasteiger partial charge in [0.15, 0.2) is 0 Å². The topological polar surface area (TPSA) is 46.5 Å². The molecule has 0 aliphatic carbocycles. The highest BCUT2D eigenvalue weighted by Crippen LogP contribution is 2.55. The number of hydrogen-bond donors (Lipinski definition) is 1. The van der Waals surface area contributed by atoms with Crippen molar-refractivity contribution in [2.24, 2.45) is 0 Å². The third-order valence-corrected chi connectivity index (χ3v) is 3.51. The zero-order chi connectivity index (χ0) is 14.0. The van der Waals surface area contributed by atoms with Crippen molar-refractivity contribution in [1.82, 2.24) is 0 Å². The third kappa shape index (κ3) is 3.10. The summed E-state index contributed by atoms with van der Waals surface area (Å²) in [7, 11) is -4.65. The summed E-state index contributed by atoms with van der Waals surface area (Å²) in [5.74, 6) is -4.30. The molecular weight excluding hydrogens is 275 g/mol. The SMILES string of the molecule is CCP(=O)(O)OC(F)(c1ccccc1)C(F)(F)F. The molecule has 0 fully saturated rings. The molecule has 2 atom stereocenters. The molecule has 1 aromatic carbocycles. The summed E-state index contributed by atoms with van der Waals surface area (Å²) in [5, 5.41) is 0. The fourth-order valence-corrected chi connectivity index (χ4v) is 1.91. The van der Waals surface area contributed by atoms with E-state index in [1.807, 2.05) is 0 Å². The van der Waals surface area contributed by atoms with Gasteiger partial charge in [-0.05, 0) is 0 Å². The lowest BCUT2D eigenvalue weighted by Gasteiger charge is -2.29. The van der Waals surface area contributed by atoms with Gasteiger partial charge in [0.25, 0.3) is 0 Å². The Morgan fingerprint density at radius 3 is 2.11 bits per heavy atom. The molecule has 1 aromatic rings. The lowest BCUT2D eigenvalue weighted by Crippen LogP contribution is -2.40. The molecule has 0 aliphatic rings. The second-order valence-electron chi connectivity index (χ2n) is 3.50. The second kappa shape index (κ2) is 4.99. The number of benzene rings is 1. The van der Waals surface area contributed by atoms with Crippen molar-refractivity contribution < 1.29 is 31.5 Å². The van der Waals surface area contributed by atoms with Crippen LogP contribution in [0.2, 0.25) is 0 Å². The number of halogens is 4. The highest BCUT2D eigenvalue weighted by Gasteiger charge is 2.61. The number of rotatable bonds is 4. The van der Waals surface area contributed by atoms with Gasteiger partial charge in [0, 0.05) is 11.7 Å². The summed E-state index contributed by atoms with van der Waals surface area (Å²) in [6.45, 7) is 1.13. The van der Waals surface area contributed by atoms with Gasteiger partial charge < -0.3 is 4.89 Å². The summed E-state index contributed by atoms with van der Waals surface area (Å²) >= 11 is 0. The highest BCUT2D eigenvalue weighted by molar-refractivity contribution is 7.52. The third-order valence-electron chi connectivity index (χ3n) is 2.18. The van der Waals surface area contributed by atoms with Crippen LogP contribution in [-0.2, 0) is 14.9 Å². The average molecular weight is 286 g/mol. The molecule has 1 rings (SSSR count).